The summed E-state index contributed by atoms with van der Waals surface area (Å²) in [5.41, 5.74) is 0. The van der Waals surface area contributed by atoms with Crippen LogP contribution in [0.5, 0.6) is 0 Å². The summed E-state index contributed by atoms with van der Waals surface area (Å²) < 4.78 is 0. The van der Waals surface area contributed by atoms with Gasteiger partial charge in [-0.15, -0.1) is 0 Å². The van der Waals surface area contributed by atoms with Crippen LogP contribution < -0.4 is 10.6 Å². The summed E-state index contributed by atoms with van der Waals surface area (Å²) >= 11 is 0. The van der Waals surface area contributed by atoms with Crippen molar-refractivity contribution in [2.45, 2.75) is 26.7 Å². The lowest BCUT2D eigenvalue weighted by Crippen LogP contribution is -2.38. The molecule has 1 aliphatic rings. The first kappa shape index (κ1) is 11.0. The highest BCUT2D eigenvalue weighted by molar-refractivity contribution is 5.86. The first-order valence-corrected chi connectivity index (χ1v) is 5.14. The molecule has 1 saturated carbocycles. The predicted molar refractivity (Wildman–Crippen MR) is 53.6 cm³/mol. The van der Waals surface area contributed by atoms with Gasteiger partial charge in [0.1, 0.15) is 0 Å². The Kier molecular flexibility index (Phi) is 3.92. The SMILES string of the molecule is CC(C)CNC(=O)CNC(=O)C1CC1. The molecule has 4 nitrogen and oxygen atoms in total. The van der Waals surface area contributed by atoms with Gasteiger partial charge in [-0.3, -0.25) is 9.59 Å². The maximum absolute atomic E-state index is 11.2. The molecule has 0 spiro atoms. The lowest BCUT2D eigenvalue weighted by atomic mass is 10.2. The van der Waals surface area contributed by atoms with E-state index in [0.717, 1.165) is 12.8 Å². The quantitative estimate of drug-likeness (QED) is 0.667. The molecular formula is C10H18N2O2. The Morgan fingerprint density at radius 3 is 2.43 bits per heavy atom. The van der Waals surface area contributed by atoms with E-state index in [2.05, 4.69) is 10.6 Å². The van der Waals surface area contributed by atoms with Crippen LogP contribution in [0.1, 0.15) is 26.7 Å². The topological polar surface area (TPSA) is 58.2 Å². The zero-order valence-electron chi connectivity index (χ0n) is 8.80. The van der Waals surface area contributed by atoms with Crippen LogP contribution in [0.15, 0.2) is 0 Å². The van der Waals surface area contributed by atoms with Gasteiger partial charge in [-0.25, -0.2) is 0 Å². The zero-order chi connectivity index (χ0) is 10.6. The second-order valence-electron chi connectivity index (χ2n) is 4.19. The average molecular weight is 198 g/mol. The number of carbonyl (C=O) groups is 2. The number of rotatable bonds is 5. The number of carbonyl (C=O) groups excluding carboxylic acids is 2. The number of hydrogen-bond donors (Lipinski definition) is 2. The minimum absolute atomic E-state index is 0.0182. The second kappa shape index (κ2) is 4.98. The second-order valence-corrected chi connectivity index (χ2v) is 4.19. The van der Waals surface area contributed by atoms with Crippen molar-refractivity contribution in [1.82, 2.24) is 10.6 Å². The number of nitrogens with one attached hydrogen (secondary N) is 2. The van der Waals surface area contributed by atoms with Crippen LogP contribution in [-0.4, -0.2) is 24.9 Å². The van der Waals surface area contributed by atoms with Crippen LogP contribution in [0.2, 0.25) is 0 Å². The molecule has 0 radical (unpaired) electrons. The molecular weight excluding hydrogens is 180 g/mol. The maximum atomic E-state index is 11.2. The molecule has 0 aliphatic heterocycles. The highest BCUT2D eigenvalue weighted by atomic mass is 16.2. The van der Waals surface area contributed by atoms with Crippen molar-refractivity contribution in [2.24, 2.45) is 11.8 Å². The Morgan fingerprint density at radius 1 is 1.29 bits per heavy atom. The van der Waals surface area contributed by atoms with Gasteiger partial charge in [0.05, 0.1) is 6.54 Å². The van der Waals surface area contributed by atoms with Gasteiger partial charge in [0.2, 0.25) is 11.8 Å². The summed E-state index contributed by atoms with van der Waals surface area (Å²) in [6.45, 7) is 4.84. The third kappa shape index (κ3) is 4.25. The van der Waals surface area contributed by atoms with Crippen LogP contribution in [0.3, 0.4) is 0 Å². The van der Waals surface area contributed by atoms with Crippen molar-refractivity contribution in [3.63, 3.8) is 0 Å². The molecule has 4 heteroatoms. The Morgan fingerprint density at radius 2 is 1.93 bits per heavy atom. The van der Waals surface area contributed by atoms with Crippen molar-refractivity contribution in [1.29, 1.82) is 0 Å². The van der Waals surface area contributed by atoms with Gasteiger partial charge in [-0.05, 0) is 18.8 Å². The number of hydrogen-bond acceptors (Lipinski definition) is 2. The first-order valence-electron chi connectivity index (χ1n) is 5.14. The molecule has 0 aromatic carbocycles. The van der Waals surface area contributed by atoms with Gasteiger partial charge in [-0.1, -0.05) is 13.8 Å². The number of amides is 2. The van der Waals surface area contributed by atoms with Gasteiger partial charge in [0.15, 0.2) is 0 Å². The third-order valence-corrected chi connectivity index (χ3v) is 2.08. The molecule has 80 valence electrons. The molecule has 1 aliphatic carbocycles. The van der Waals surface area contributed by atoms with E-state index in [-0.39, 0.29) is 24.3 Å². The summed E-state index contributed by atoms with van der Waals surface area (Å²) in [4.78, 5) is 22.3. The van der Waals surface area contributed by atoms with Crippen molar-refractivity contribution in [3.05, 3.63) is 0 Å². The Hall–Kier alpha value is -1.06. The van der Waals surface area contributed by atoms with Crippen molar-refractivity contribution in [2.75, 3.05) is 13.1 Å². The summed E-state index contributed by atoms with van der Waals surface area (Å²) in [6.07, 6.45) is 1.94. The molecule has 0 saturated heterocycles. The minimum Gasteiger partial charge on any atom is -0.354 e. The Balaban J connectivity index is 2.05. The molecule has 0 bridgehead atoms. The molecule has 0 aromatic heterocycles. The fourth-order valence-corrected chi connectivity index (χ4v) is 1.04. The summed E-state index contributed by atoms with van der Waals surface area (Å²) in [7, 11) is 0. The molecule has 0 atom stereocenters. The van der Waals surface area contributed by atoms with E-state index in [1.165, 1.54) is 0 Å². The highest BCUT2D eigenvalue weighted by Gasteiger charge is 2.29. The van der Waals surface area contributed by atoms with E-state index in [9.17, 15) is 9.59 Å². The van der Waals surface area contributed by atoms with Gasteiger partial charge < -0.3 is 10.6 Å². The average Bonchev–Trinajstić information content (AvgIpc) is 2.93. The van der Waals surface area contributed by atoms with Gasteiger partial charge in [-0.2, -0.15) is 0 Å². The maximum Gasteiger partial charge on any atom is 0.239 e. The van der Waals surface area contributed by atoms with Crippen molar-refractivity contribution < 1.29 is 9.59 Å². The van der Waals surface area contributed by atoms with Crippen LogP contribution in [-0.2, 0) is 9.59 Å². The van der Waals surface area contributed by atoms with E-state index in [4.69, 9.17) is 0 Å². The fraction of sp³-hybridized carbons (Fsp3) is 0.800. The van der Waals surface area contributed by atoms with E-state index in [1.54, 1.807) is 0 Å². The van der Waals surface area contributed by atoms with Crippen LogP contribution in [0, 0.1) is 11.8 Å². The highest BCUT2D eigenvalue weighted by Crippen LogP contribution is 2.28. The summed E-state index contributed by atoms with van der Waals surface area (Å²) in [6, 6.07) is 0. The first-order chi connectivity index (χ1) is 6.59. The minimum atomic E-state index is -0.104. The zero-order valence-corrected chi connectivity index (χ0v) is 8.80. The molecule has 2 amide bonds. The van der Waals surface area contributed by atoms with E-state index in [1.807, 2.05) is 13.8 Å². The molecule has 1 rings (SSSR count). The molecule has 2 N–H and O–H groups in total. The van der Waals surface area contributed by atoms with Crippen LogP contribution >= 0.6 is 0 Å². The fourth-order valence-electron chi connectivity index (χ4n) is 1.04. The van der Waals surface area contributed by atoms with Crippen LogP contribution in [0.25, 0.3) is 0 Å². The normalized spacial score (nSPS) is 15.4. The Bertz CT molecular complexity index is 222. The van der Waals surface area contributed by atoms with E-state index >= 15 is 0 Å². The smallest absolute Gasteiger partial charge is 0.239 e. The summed E-state index contributed by atoms with van der Waals surface area (Å²) in [5, 5.41) is 5.36. The van der Waals surface area contributed by atoms with Crippen molar-refractivity contribution >= 4 is 11.8 Å². The largest absolute Gasteiger partial charge is 0.354 e. The molecule has 14 heavy (non-hydrogen) atoms. The van der Waals surface area contributed by atoms with Gasteiger partial charge in [0.25, 0.3) is 0 Å². The standard InChI is InChI=1S/C10H18N2O2/c1-7(2)5-11-9(13)6-12-10(14)8-3-4-8/h7-8H,3-6H2,1-2H3,(H,11,13)(H,12,14). The van der Waals surface area contributed by atoms with Crippen LogP contribution in [0.4, 0.5) is 0 Å². The van der Waals surface area contributed by atoms with E-state index < -0.39 is 0 Å². The summed E-state index contributed by atoms with van der Waals surface area (Å²) in [5.74, 6) is 0.531. The molecule has 1 fully saturated rings. The van der Waals surface area contributed by atoms with Gasteiger partial charge >= 0.3 is 0 Å². The third-order valence-electron chi connectivity index (χ3n) is 2.08. The van der Waals surface area contributed by atoms with Crippen molar-refractivity contribution in [3.8, 4) is 0 Å². The molecule has 0 aromatic rings. The lowest BCUT2D eigenvalue weighted by molar-refractivity contribution is -0.126. The van der Waals surface area contributed by atoms with Gasteiger partial charge in [0, 0.05) is 12.5 Å². The van der Waals surface area contributed by atoms with E-state index in [0.29, 0.717) is 12.5 Å². The Labute approximate surface area is 84.4 Å². The lowest BCUT2D eigenvalue weighted by Gasteiger charge is -2.08. The molecule has 0 unspecified atom stereocenters. The predicted octanol–water partition coefficient (Wildman–Crippen LogP) is 0.285. The monoisotopic (exact) mass is 198 g/mol. The molecule has 0 heterocycles.